The molecule has 0 amide bonds. The zero-order valence-electron chi connectivity index (χ0n) is 11.4. The molecule has 0 spiro atoms. The average Bonchev–Trinajstić information content (AvgIpc) is 2.94. The van der Waals surface area contributed by atoms with Crippen LogP contribution >= 0.6 is 15.9 Å². The van der Waals surface area contributed by atoms with Crippen molar-refractivity contribution in [3.05, 3.63) is 58.0 Å². The highest BCUT2D eigenvalue weighted by molar-refractivity contribution is 9.10. The van der Waals surface area contributed by atoms with E-state index in [1.165, 1.54) is 37.7 Å². The Hall–Kier alpha value is -1.06. The smallest absolute Gasteiger partial charge is 0.175 e. The molecule has 3 rings (SSSR count). The third kappa shape index (κ3) is 2.84. The van der Waals surface area contributed by atoms with E-state index in [9.17, 15) is 5.11 Å². The SMILES string of the molecule is OC(c1ccc(C2CCCCC2)cc1)c1ccoc1Br. The maximum atomic E-state index is 10.4. The van der Waals surface area contributed by atoms with Gasteiger partial charge in [0.25, 0.3) is 0 Å². The first-order valence-electron chi connectivity index (χ1n) is 7.26. The van der Waals surface area contributed by atoms with Gasteiger partial charge >= 0.3 is 0 Å². The Morgan fingerprint density at radius 1 is 1.05 bits per heavy atom. The van der Waals surface area contributed by atoms with E-state index in [1.807, 2.05) is 12.1 Å². The summed E-state index contributed by atoms with van der Waals surface area (Å²) in [5.74, 6) is 0.704. The largest absolute Gasteiger partial charge is 0.457 e. The second kappa shape index (κ2) is 6.15. The Kier molecular flexibility index (Phi) is 4.27. The number of aliphatic hydroxyl groups excluding tert-OH is 1. The van der Waals surface area contributed by atoms with Crippen LogP contribution in [0, 0.1) is 0 Å². The Balaban J connectivity index is 1.77. The van der Waals surface area contributed by atoms with Gasteiger partial charge < -0.3 is 9.52 Å². The van der Waals surface area contributed by atoms with Crippen LogP contribution in [0.25, 0.3) is 0 Å². The Morgan fingerprint density at radius 3 is 2.35 bits per heavy atom. The van der Waals surface area contributed by atoms with E-state index >= 15 is 0 Å². The molecule has 0 saturated heterocycles. The first-order chi connectivity index (χ1) is 9.75. The fourth-order valence-electron chi connectivity index (χ4n) is 3.07. The van der Waals surface area contributed by atoms with E-state index in [2.05, 4.69) is 28.1 Å². The zero-order valence-corrected chi connectivity index (χ0v) is 13.0. The minimum Gasteiger partial charge on any atom is -0.457 e. The van der Waals surface area contributed by atoms with Crippen LogP contribution < -0.4 is 0 Å². The van der Waals surface area contributed by atoms with Crippen molar-refractivity contribution in [3.63, 3.8) is 0 Å². The van der Waals surface area contributed by atoms with Crippen LogP contribution in [0.3, 0.4) is 0 Å². The van der Waals surface area contributed by atoms with Crippen LogP contribution in [0.2, 0.25) is 0 Å². The maximum absolute atomic E-state index is 10.4. The molecule has 0 aliphatic heterocycles. The Labute approximate surface area is 127 Å². The van der Waals surface area contributed by atoms with Crippen LogP contribution in [0.15, 0.2) is 45.7 Å². The summed E-state index contributed by atoms with van der Waals surface area (Å²) < 4.78 is 5.78. The molecule has 1 aliphatic rings. The van der Waals surface area contributed by atoms with Crippen molar-refractivity contribution < 1.29 is 9.52 Å². The van der Waals surface area contributed by atoms with Gasteiger partial charge in [-0.3, -0.25) is 0 Å². The van der Waals surface area contributed by atoms with Gasteiger partial charge in [-0.05, 0) is 51.9 Å². The third-order valence-corrected chi connectivity index (χ3v) is 4.91. The van der Waals surface area contributed by atoms with Crippen LogP contribution in [0.4, 0.5) is 0 Å². The molecule has 1 N–H and O–H groups in total. The molecule has 2 aromatic rings. The molecule has 3 heteroatoms. The summed E-state index contributed by atoms with van der Waals surface area (Å²) >= 11 is 3.31. The molecule has 1 aromatic carbocycles. The number of hydrogen-bond donors (Lipinski definition) is 1. The van der Waals surface area contributed by atoms with Crippen LogP contribution in [0.5, 0.6) is 0 Å². The minimum absolute atomic E-state index is 0.598. The molecule has 1 unspecified atom stereocenters. The Bertz CT molecular complexity index is 553. The molecule has 1 fully saturated rings. The van der Waals surface area contributed by atoms with E-state index in [-0.39, 0.29) is 0 Å². The second-order valence-electron chi connectivity index (χ2n) is 5.55. The number of furan rings is 1. The van der Waals surface area contributed by atoms with Crippen LogP contribution in [-0.2, 0) is 0 Å². The standard InChI is InChI=1S/C17H19BrO2/c18-17-15(10-11-20-17)16(19)14-8-6-13(7-9-14)12-4-2-1-3-5-12/h6-12,16,19H,1-5H2. The van der Waals surface area contributed by atoms with E-state index in [1.54, 1.807) is 12.3 Å². The highest BCUT2D eigenvalue weighted by Crippen LogP contribution is 2.34. The predicted octanol–water partition coefficient (Wildman–Crippen LogP) is 5.17. The third-order valence-electron chi connectivity index (χ3n) is 4.27. The fourth-order valence-corrected chi connectivity index (χ4v) is 3.52. The van der Waals surface area contributed by atoms with Crippen molar-refractivity contribution in [3.8, 4) is 0 Å². The van der Waals surface area contributed by atoms with Gasteiger partial charge in [0.2, 0.25) is 0 Å². The van der Waals surface area contributed by atoms with Gasteiger partial charge in [-0.15, -0.1) is 0 Å². The number of halogens is 1. The lowest BCUT2D eigenvalue weighted by atomic mass is 9.83. The first-order valence-corrected chi connectivity index (χ1v) is 8.06. The van der Waals surface area contributed by atoms with Gasteiger partial charge in [-0.25, -0.2) is 0 Å². The van der Waals surface area contributed by atoms with Gasteiger partial charge in [-0.1, -0.05) is 43.5 Å². The quantitative estimate of drug-likeness (QED) is 0.839. The highest BCUT2D eigenvalue weighted by Gasteiger charge is 2.18. The summed E-state index contributed by atoms with van der Waals surface area (Å²) in [7, 11) is 0. The summed E-state index contributed by atoms with van der Waals surface area (Å²) in [6.07, 6.45) is 7.61. The lowest BCUT2D eigenvalue weighted by Gasteiger charge is -2.22. The summed E-state index contributed by atoms with van der Waals surface area (Å²) in [6.45, 7) is 0. The summed E-state index contributed by atoms with van der Waals surface area (Å²) in [5, 5.41) is 10.4. The molecule has 20 heavy (non-hydrogen) atoms. The molecule has 0 radical (unpaired) electrons. The van der Waals surface area contributed by atoms with Crippen molar-refractivity contribution in [2.45, 2.75) is 44.1 Å². The number of rotatable bonds is 3. The van der Waals surface area contributed by atoms with Gasteiger partial charge in [0.15, 0.2) is 4.67 Å². The molecule has 1 atom stereocenters. The topological polar surface area (TPSA) is 33.4 Å². The minimum atomic E-state index is -0.636. The van der Waals surface area contributed by atoms with E-state index < -0.39 is 6.10 Å². The molecular weight excluding hydrogens is 316 g/mol. The van der Waals surface area contributed by atoms with Gasteiger partial charge in [0.05, 0.1) is 6.26 Å². The van der Waals surface area contributed by atoms with Crippen molar-refractivity contribution in [2.24, 2.45) is 0 Å². The fraction of sp³-hybridized carbons (Fsp3) is 0.412. The van der Waals surface area contributed by atoms with Gasteiger partial charge in [0.1, 0.15) is 6.10 Å². The van der Waals surface area contributed by atoms with E-state index in [4.69, 9.17) is 4.42 Å². The molecule has 1 saturated carbocycles. The predicted molar refractivity (Wildman–Crippen MR) is 82.7 cm³/mol. The molecule has 1 aromatic heterocycles. The van der Waals surface area contributed by atoms with Gasteiger partial charge in [-0.2, -0.15) is 0 Å². The maximum Gasteiger partial charge on any atom is 0.175 e. The molecule has 1 aliphatic carbocycles. The van der Waals surface area contributed by atoms with E-state index in [0.29, 0.717) is 10.6 Å². The highest BCUT2D eigenvalue weighted by atomic mass is 79.9. The molecule has 106 valence electrons. The summed E-state index contributed by atoms with van der Waals surface area (Å²) in [6, 6.07) is 10.2. The molecular formula is C17H19BrO2. The number of aliphatic hydroxyl groups is 1. The lowest BCUT2D eigenvalue weighted by Crippen LogP contribution is -2.05. The van der Waals surface area contributed by atoms with Crippen molar-refractivity contribution in [1.29, 1.82) is 0 Å². The lowest BCUT2D eigenvalue weighted by molar-refractivity contribution is 0.218. The second-order valence-corrected chi connectivity index (χ2v) is 6.27. The molecule has 2 nitrogen and oxygen atoms in total. The van der Waals surface area contributed by atoms with Gasteiger partial charge in [0, 0.05) is 5.56 Å². The molecule has 0 bridgehead atoms. The van der Waals surface area contributed by atoms with Crippen molar-refractivity contribution >= 4 is 15.9 Å². The summed E-state index contributed by atoms with van der Waals surface area (Å²) in [4.78, 5) is 0. The zero-order chi connectivity index (χ0) is 13.9. The number of hydrogen-bond acceptors (Lipinski definition) is 2. The Morgan fingerprint density at radius 2 is 1.75 bits per heavy atom. The normalized spacial score (nSPS) is 18.1. The van der Waals surface area contributed by atoms with Crippen LogP contribution in [-0.4, -0.2) is 5.11 Å². The number of benzene rings is 1. The first kappa shape index (κ1) is 13.9. The molecule has 1 heterocycles. The van der Waals surface area contributed by atoms with E-state index in [0.717, 1.165) is 11.1 Å². The average molecular weight is 335 g/mol. The summed E-state index contributed by atoms with van der Waals surface area (Å²) in [5.41, 5.74) is 3.09. The van der Waals surface area contributed by atoms with Crippen molar-refractivity contribution in [2.75, 3.05) is 0 Å². The van der Waals surface area contributed by atoms with Crippen molar-refractivity contribution in [1.82, 2.24) is 0 Å². The monoisotopic (exact) mass is 334 g/mol. The van der Waals surface area contributed by atoms with Crippen LogP contribution in [0.1, 0.15) is 60.8 Å².